The van der Waals surface area contributed by atoms with E-state index in [0.29, 0.717) is 18.9 Å². The average Bonchev–Trinajstić information content (AvgIpc) is 3.07. The molecule has 0 bridgehead atoms. The highest BCUT2D eigenvalue weighted by molar-refractivity contribution is 5.82. The molecule has 1 saturated heterocycles. The molecule has 1 saturated carbocycles. The summed E-state index contributed by atoms with van der Waals surface area (Å²) in [7, 11) is 0. The van der Waals surface area contributed by atoms with Gasteiger partial charge in [0.25, 0.3) is 0 Å². The maximum Gasteiger partial charge on any atom is 0.237 e. The fraction of sp³-hybridized carbons (Fsp3) is 0.733. The summed E-state index contributed by atoms with van der Waals surface area (Å²) >= 11 is 0. The second kappa shape index (κ2) is 5.42. The summed E-state index contributed by atoms with van der Waals surface area (Å²) in [6.45, 7) is 3.88. The lowest BCUT2D eigenvalue weighted by Gasteiger charge is -2.23. The molecule has 2 unspecified atom stereocenters. The highest BCUT2D eigenvalue weighted by Crippen LogP contribution is 2.31. The van der Waals surface area contributed by atoms with Crippen molar-refractivity contribution in [2.75, 3.05) is 19.6 Å². The first-order chi connectivity index (χ1) is 10.3. The van der Waals surface area contributed by atoms with Crippen LogP contribution in [0.15, 0.2) is 6.33 Å². The number of H-pyrrole nitrogens is 1. The third kappa shape index (κ3) is 2.82. The number of carbonyl (C=O) groups excluding carboxylic acids is 1. The van der Waals surface area contributed by atoms with Crippen molar-refractivity contribution >= 4 is 5.91 Å². The summed E-state index contributed by atoms with van der Waals surface area (Å²) in [6, 6.07) is 0.713. The molecule has 0 spiro atoms. The van der Waals surface area contributed by atoms with Gasteiger partial charge in [-0.1, -0.05) is 0 Å². The number of imidazole rings is 1. The predicted molar refractivity (Wildman–Crippen MR) is 78.6 cm³/mol. The lowest BCUT2D eigenvalue weighted by molar-refractivity contribution is -0.123. The summed E-state index contributed by atoms with van der Waals surface area (Å²) in [5.41, 5.74) is 2.13. The number of nitrogens with one attached hydrogen (secondary N) is 3. The predicted octanol–water partition coefficient (Wildman–Crippen LogP) is 0.0245. The van der Waals surface area contributed by atoms with Crippen molar-refractivity contribution in [2.45, 2.75) is 44.3 Å². The van der Waals surface area contributed by atoms with Crippen molar-refractivity contribution in [3.8, 4) is 0 Å². The standard InChI is InChI=1S/C15H23N5O/c21-15(13-5-12-14(7-16-13)19-9-18-12)17-6-10-3-4-20(8-10)11-1-2-11/h9-11,13,16H,1-8H2,(H,17,21)(H,18,19). The number of hydrogen-bond donors (Lipinski definition) is 3. The minimum atomic E-state index is -0.137. The van der Waals surface area contributed by atoms with E-state index in [1.807, 2.05) is 0 Å². The smallest absolute Gasteiger partial charge is 0.237 e. The largest absolute Gasteiger partial charge is 0.354 e. The molecule has 21 heavy (non-hydrogen) atoms. The Kier molecular flexibility index (Phi) is 3.43. The Hall–Kier alpha value is -1.40. The number of aromatic nitrogens is 2. The van der Waals surface area contributed by atoms with E-state index in [4.69, 9.17) is 0 Å². The molecule has 6 heteroatoms. The third-order valence-electron chi connectivity index (χ3n) is 4.99. The van der Waals surface area contributed by atoms with E-state index in [0.717, 1.165) is 30.5 Å². The van der Waals surface area contributed by atoms with Crippen LogP contribution in [0.4, 0.5) is 0 Å². The SMILES string of the molecule is O=C(NCC1CCN(C2CC2)C1)C1Cc2nc[nH]c2CN1. The normalized spacial score (nSPS) is 29.3. The Morgan fingerprint density at radius 2 is 2.33 bits per heavy atom. The molecule has 1 aliphatic carbocycles. The summed E-state index contributed by atoms with van der Waals surface area (Å²) in [5.74, 6) is 0.743. The van der Waals surface area contributed by atoms with Crippen molar-refractivity contribution < 1.29 is 4.79 Å². The number of fused-ring (bicyclic) bond motifs is 1. The lowest BCUT2D eigenvalue weighted by Crippen LogP contribution is -2.48. The van der Waals surface area contributed by atoms with Crippen molar-refractivity contribution in [3.05, 3.63) is 17.7 Å². The zero-order chi connectivity index (χ0) is 14.2. The maximum atomic E-state index is 12.3. The van der Waals surface area contributed by atoms with Crippen LogP contribution in [0.1, 0.15) is 30.7 Å². The van der Waals surface area contributed by atoms with Crippen LogP contribution >= 0.6 is 0 Å². The third-order valence-corrected chi connectivity index (χ3v) is 4.99. The molecule has 1 amide bonds. The van der Waals surface area contributed by atoms with E-state index in [1.165, 1.54) is 25.8 Å². The summed E-state index contributed by atoms with van der Waals surface area (Å²) in [5, 5.41) is 6.41. The van der Waals surface area contributed by atoms with E-state index < -0.39 is 0 Å². The van der Waals surface area contributed by atoms with Gasteiger partial charge in [-0.25, -0.2) is 4.98 Å². The number of rotatable bonds is 4. The van der Waals surface area contributed by atoms with Gasteiger partial charge in [0, 0.05) is 32.1 Å². The van der Waals surface area contributed by atoms with Crippen LogP contribution in [0, 0.1) is 5.92 Å². The molecule has 0 aromatic carbocycles. The molecule has 3 N–H and O–H groups in total. The first-order valence-electron chi connectivity index (χ1n) is 8.06. The molecule has 2 aliphatic heterocycles. The highest BCUT2D eigenvalue weighted by atomic mass is 16.2. The van der Waals surface area contributed by atoms with Crippen molar-refractivity contribution in [1.29, 1.82) is 0 Å². The van der Waals surface area contributed by atoms with Gasteiger partial charge in [0.05, 0.1) is 23.8 Å². The Morgan fingerprint density at radius 1 is 1.43 bits per heavy atom. The second-order valence-corrected chi connectivity index (χ2v) is 6.59. The summed E-state index contributed by atoms with van der Waals surface area (Å²) in [4.78, 5) is 22.3. The van der Waals surface area contributed by atoms with Crippen LogP contribution in [0.3, 0.4) is 0 Å². The monoisotopic (exact) mass is 289 g/mol. The van der Waals surface area contributed by atoms with E-state index in [2.05, 4.69) is 25.5 Å². The van der Waals surface area contributed by atoms with E-state index in [-0.39, 0.29) is 11.9 Å². The average molecular weight is 289 g/mol. The molecule has 3 heterocycles. The van der Waals surface area contributed by atoms with Crippen molar-refractivity contribution in [1.82, 2.24) is 25.5 Å². The van der Waals surface area contributed by atoms with E-state index >= 15 is 0 Å². The minimum Gasteiger partial charge on any atom is -0.354 e. The zero-order valence-electron chi connectivity index (χ0n) is 12.3. The van der Waals surface area contributed by atoms with Gasteiger partial charge < -0.3 is 15.2 Å². The van der Waals surface area contributed by atoms with E-state index in [9.17, 15) is 4.79 Å². The molecule has 1 aromatic heterocycles. The quantitative estimate of drug-likeness (QED) is 0.731. The van der Waals surface area contributed by atoms with Crippen LogP contribution in [0.25, 0.3) is 0 Å². The highest BCUT2D eigenvalue weighted by Gasteiger charge is 2.34. The molecule has 1 aromatic rings. The first-order valence-corrected chi connectivity index (χ1v) is 8.06. The first kappa shape index (κ1) is 13.3. The van der Waals surface area contributed by atoms with Crippen molar-refractivity contribution in [2.24, 2.45) is 5.92 Å². The van der Waals surface area contributed by atoms with Crippen LogP contribution in [0.2, 0.25) is 0 Å². The van der Waals surface area contributed by atoms with Crippen molar-refractivity contribution in [3.63, 3.8) is 0 Å². The Bertz CT molecular complexity index is 524. The number of amides is 1. The van der Waals surface area contributed by atoms with Gasteiger partial charge in [0.2, 0.25) is 5.91 Å². The molecule has 3 aliphatic rings. The summed E-state index contributed by atoms with van der Waals surface area (Å²) < 4.78 is 0. The molecule has 2 fully saturated rings. The van der Waals surface area contributed by atoms with Gasteiger partial charge in [-0.05, 0) is 31.7 Å². The fourth-order valence-electron chi connectivity index (χ4n) is 3.52. The molecule has 2 atom stereocenters. The van der Waals surface area contributed by atoms with Crippen LogP contribution in [-0.2, 0) is 17.8 Å². The van der Waals surface area contributed by atoms with Crippen LogP contribution < -0.4 is 10.6 Å². The topological polar surface area (TPSA) is 73.0 Å². The summed E-state index contributed by atoms with van der Waals surface area (Å²) in [6.07, 6.45) is 6.35. The van der Waals surface area contributed by atoms with Crippen LogP contribution in [-0.4, -0.2) is 52.5 Å². The van der Waals surface area contributed by atoms with Crippen LogP contribution in [0.5, 0.6) is 0 Å². The fourth-order valence-corrected chi connectivity index (χ4v) is 3.52. The van der Waals surface area contributed by atoms with Gasteiger partial charge in [-0.3, -0.25) is 10.1 Å². The van der Waals surface area contributed by atoms with Gasteiger partial charge in [-0.2, -0.15) is 0 Å². The Labute approximate surface area is 124 Å². The number of carbonyl (C=O) groups is 1. The van der Waals surface area contributed by atoms with Gasteiger partial charge in [0.1, 0.15) is 0 Å². The van der Waals surface area contributed by atoms with Gasteiger partial charge in [0.15, 0.2) is 0 Å². The van der Waals surface area contributed by atoms with E-state index in [1.54, 1.807) is 6.33 Å². The zero-order valence-corrected chi connectivity index (χ0v) is 12.3. The molecule has 4 rings (SSSR count). The van der Waals surface area contributed by atoms with Gasteiger partial charge >= 0.3 is 0 Å². The second-order valence-electron chi connectivity index (χ2n) is 6.59. The Balaban J connectivity index is 1.25. The maximum absolute atomic E-state index is 12.3. The number of aromatic amines is 1. The Morgan fingerprint density at radius 3 is 3.19 bits per heavy atom. The molecule has 6 nitrogen and oxygen atoms in total. The minimum absolute atomic E-state index is 0.119. The molecular weight excluding hydrogens is 266 g/mol. The lowest BCUT2D eigenvalue weighted by atomic mass is 10.0. The molecule has 114 valence electrons. The number of likely N-dealkylation sites (tertiary alicyclic amines) is 1. The number of nitrogens with zero attached hydrogens (tertiary/aromatic N) is 2. The number of hydrogen-bond acceptors (Lipinski definition) is 4. The molecular formula is C15H23N5O. The molecule has 0 radical (unpaired) electrons. The van der Waals surface area contributed by atoms with Gasteiger partial charge in [-0.15, -0.1) is 0 Å².